The first-order valence-electron chi connectivity index (χ1n) is 17.1. The zero-order valence-corrected chi connectivity index (χ0v) is 28.4. The molecule has 3 unspecified atom stereocenters. The highest BCUT2D eigenvalue weighted by molar-refractivity contribution is 5.67. The van der Waals surface area contributed by atoms with Gasteiger partial charge in [0.1, 0.15) is 23.2 Å². The van der Waals surface area contributed by atoms with Crippen molar-refractivity contribution in [3.05, 3.63) is 95.6 Å². The largest absolute Gasteiger partial charge is 0.497 e. The Labute approximate surface area is 285 Å². The van der Waals surface area contributed by atoms with Gasteiger partial charge in [0.25, 0.3) is 0 Å². The van der Waals surface area contributed by atoms with Crippen molar-refractivity contribution < 1.29 is 33.6 Å². The molecule has 1 fully saturated rings. The number of carbonyl (C=O) groups is 1. The average molecular weight is 656 g/mol. The minimum atomic E-state index is -0.923. The molecule has 256 valence electrons. The van der Waals surface area contributed by atoms with Crippen molar-refractivity contribution in [2.75, 3.05) is 47.6 Å². The van der Waals surface area contributed by atoms with E-state index in [0.717, 1.165) is 53.9 Å². The third-order valence-electron chi connectivity index (χ3n) is 9.45. The predicted molar refractivity (Wildman–Crippen MR) is 185 cm³/mol. The van der Waals surface area contributed by atoms with Crippen molar-refractivity contribution >= 4 is 6.09 Å². The fraction of sp³-hybridized carbons (Fsp3) is 0.475. The molecule has 0 radical (unpaired) electrons. The number of aliphatic hydroxyl groups is 1. The molecule has 8 heteroatoms. The molecule has 0 bridgehead atoms. The molecule has 0 aliphatic heterocycles. The minimum absolute atomic E-state index is 0.0358. The number of ether oxygens (including phenoxy) is 5. The van der Waals surface area contributed by atoms with Crippen molar-refractivity contribution in [3.63, 3.8) is 0 Å². The van der Waals surface area contributed by atoms with E-state index in [4.69, 9.17) is 23.7 Å². The zero-order valence-electron chi connectivity index (χ0n) is 28.4. The second-order valence-electron chi connectivity index (χ2n) is 12.6. The molecule has 1 amide bonds. The molecule has 2 aliphatic carbocycles. The average Bonchev–Trinajstić information content (AvgIpc) is 3.75. The van der Waals surface area contributed by atoms with Crippen LogP contribution in [0.15, 0.2) is 78.9 Å². The number of hydrogen-bond acceptors (Lipinski definition) is 7. The maximum absolute atomic E-state index is 12.6. The van der Waals surface area contributed by atoms with Gasteiger partial charge in [0, 0.05) is 51.5 Å². The monoisotopic (exact) mass is 655 g/mol. The predicted octanol–water partition coefficient (Wildman–Crippen LogP) is 6.82. The minimum Gasteiger partial charge on any atom is -0.497 e. The molecule has 2 aliphatic rings. The second kappa shape index (κ2) is 17.4. The molecule has 48 heavy (non-hydrogen) atoms. The molecule has 5 rings (SSSR count). The van der Waals surface area contributed by atoms with Crippen LogP contribution in [0.2, 0.25) is 0 Å². The summed E-state index contributed by atoms with van der Waals surface area (Å²) in [6, 6.07) is 25.9. The molecular formula is C40H49NO7. The van der Waals surface area contributed by atoms with Crippen LogP contribution in [-0.4, -0.2) is 75.9 Å². The first-order chi connectivity index (χ1) is 23.5. The Hall–Kier alpha value is -4.03. The molecule has 8 nitrogen and oxygen atoms in total. The number of fused-ring (bicyclic) bond motifs is 1. The summed E-state index contributed by atoms with van der Waals surface area (Å²) < 4.78 is 29.3. The van der Waals surface area contributed by atoms with E-state index in [-0.39, 0.29) is 12.2 Å². The Morgan fingerprint density at radius 2 is 1.35 bits per heavy atom. The fourth-order valence-corrected chi connectivity index (χ4v) is 6.59. The number of rotatable bonds is 17. The maximum atomic E-state index is 12.6. The lowest BCUT2D eigenvalue weighted by atomic mass is 9.80. The molecule has 3 aromatic carbocycles. The van der Waals surface area contributed by atoms with Crippen LogP contribution in [0.5, 0.6) is 11.5 Å². The van der Waals surface area contributed by atoms with Gasteiger partial charge in [-0.25, -0.2) is 4.79 Å². The SMILES string of the molecule is COc1ccc(C(OCCC(O)CCOCCCN(C)C(=O)OC2C3CCC#CCCC32)(c2ccccc2)c2ccc(OC)cc2)cc1. The Morgan fingerprint density at radius 3 is 1.92 bits per heavy atom. The van der Waals surface area contributed by atoms with Crippen LogP contribution >= 0.6 is 0 Å². The first-order valence-corrected chi connectivity index (χ1v) is 17.1. The molecule has 1 N–H and O–H groups in total. The van der Waals surface area contributed by atoms with Crippen molar-refractivity contribution in [3.8, 4) is 23.3 Å². The highest BCUT2D eigenvalue weighted by Crippen LogP contribution is 2.48. The summed E-state index contributed by atoms with van der Waals surface area (Å²) in [7, 11) is 5.07. The normalized spacial score (nSPS) is 19.0. The molecule has 0 saturated heterocycles. The Bertz CT molecular complexity index is 1420. The number of aliphatic hydroxyl groups excluding tert-OH is 1. The van der Waals surface area contributed by atoms with Gasteiger partial charge in [-0.05, 0) is 73.1 Å². The van der Waals surface area contributed by atoms with Gasteiger partial charge in [-0.15, -0.1) is 11.8 Å². The van der Waals surface area contributed by atoms with E-state index in [1.807, 2.05) is 66.7 Å². The maximum Gasteiger partial charge on any atom is 0.409 e. The van der Waals surface area contributed by atoms with E-state index in [0.29, 0.717) is 57.5 Å². The number of amides is 1. The summed E-state index contributed by atoms with van der Waals surface area (Å²) in [6.07, 6.45) is 4.62. The van der Waals surface area contributed by atoms with Crippen molar-refractivity contribution in [2.45, 2.75) is 62.8 Å². The summed E-state index contributed by atoms with van der Waals surface area (Å²) in [4.78, 5) is 14.2. The van der Waals surface area contributed by atoms with E-state index >= 15 is 0 Å². The zero-order chi connectivity index (χ0) is 33.8. The van der Waals surface area contributed by atoms with Crippen LogP contribution < -0.4 is 9.47 Å². The van der Waals surface area contributed by atoms with Crippen LogP contribution in [0.3, 0.4) is 0 Å². The van der Waals surface area contributed by atoms with Crippen LogP contribution in [-0.2, 0) is 19.8 Å². The van der Waals surface area contributed by atoms with Gasteiger partial charge in [-0.3, -0.25) is 0 Å². The van der Waals surface area contributed by atoms with E-state index < -0.39 is 11.7 Å². The summed E-state index contributed by atoms with van der Waals surface area (Å²) >= 11 is 0. The molecular weight excluding hydrogens is 606 g/mol. The highest BCUT2D eigenvalue weighted by atomic mass is 16.6. The molecule has 0 spiro atoms. The van der Waals surface area contributed by atoms with Crippen LogP contribution in [0, 0.1) is 23.7 Å². The summed E-state index contributed by atoms with van der Waals surface area (Å²) in [5, 5.41) is 10.9. The molecule has 3 aromatic rings. The van der Waals surface area contributed by atoms with Crippen molar-refractivity contribution in [2.24, 2.45) is 11.8 Å². The van der Waals surface area contributed by atoms with E-state index in [1.165, 1.54) is 0 Å². The van der Waals surface area contributed by atoms with Gasteiger partial charge < -0.3 is 33.7 Å². The highest BCUT2D eigenvalue weighted by Gasteiger charge is 2.52. The standard InChI is InChI=1S/C40H49NO7/c1-41(39(43)48-38-36-14-9-4-5-10-15-37(36)38)26-11-27-46-28-24-33(42)25-29-47-40(30-12-7-6-8-13-30,31-16-20-34(44-2)21-17-31)32-18-22-35(45-3)23-19-32/h6-8,12-13,16-23,33,36-38,42H,9-11,14-15,24-29H2,1-3H3. The van der Waals surface area contributed by atoms with Crippen LogP contribution in [0.25, 0.3) is 0 Å². The Balaban J connectivity index is 1.09. The van der Waals surface area contributed by atoms with E-state index in [9.17, 15) is 9.90 Å². The fourth-order valence-electron chi connectivity index (χ4n) is 6.59. The quantitative estimate of drug-likeness (QED) is 0.0971. The lowest BCUT2D eigenvalue weighted by Crippen LogP contribution is -2.34. The summed E-state index contributed by atoms with van der Waals surface area (Å²) in [5.74, 6) is 8.84. The van der Waals surface area contributed by atoms with E-state index in [2.05, 4.69) is 24.0 Å². The van der Waals surface area contributed by atoms with Crippen LogP contribution in [0.4, 0.5) is 4.79 Å². The van der Waals surface area contributed by atoms with Gasteiger partial charge in [-0.1, -0.05) is 54.6 Å². The third-order valence-corrected chi connectivity index (χ3v) is 9.45. The number of hydrogen-bond donors (Lipinski definition) is 1. The number of nitrogens with zero attached hydrogens (tertiary/aromatic N) is 1. The van der Waals surface area contributed by atoms with Gasteiger partial charge in [-0.2, -0.15) is 0 Å². The van der Waals surface area contributed by atoms with Gasteiger partial charge in [0.2, 0.25) is 0 Å². The van der Waals surface area contributed by atoms with Crippen molar-refractivity contribution in [1.82, 2.24) is 4.90 Å². The molecule has 1 saturated carbocycles. The number of carbonyl (C=O) groups excluding carboxylic acids is 1. The van der Waals surface area contributed by atoms with Gasteiger partial charge in [0.05, 0.1) is 26.9 Å². The third kappa shape index (κ3) is 8.90. The summed E-state index contributed by atoms with van der Waals surface area (Å²) in [6.45, 7) is 1.79. The summed E-state index contributed by atoms with van der Waals surface area (Å²) in [5.41, 5.74) is 1.95. The smallest absolute Gasteiger partial charge is 0.409 e. The number of methoxy groups -OCH3 is 2. The van der Waals surface area contributed by atoms with E-state index in [1.54, 1.807) is 26.2 Å². The van der Waals surface area contributed by atoms with Gasteiger partial charge >= 0.3 is 6.09 Å². The Morgan fingerprint density at radius 1 is 0.812 bits per heavy atom. The molecule has 0 heterocycles. The second-order valence-corrected chi connectivity index (χ2v) is 12.6. The van der Waals surface area contributed by atoms with Crippen molar-refractivity contribution in [1.29, 1.82) is 0 Å². The molecule has 0 aromatic heterocycles. The number of benzene rings is 3. The first kappa shape index (κ1) is 35.3. The lowest BCUT2D eigenvalue weighted by Gasteiger charge is -2.36. The van der Waals surface area contributed by atoms with Gasteiger partial charge in [0.15, 0.2) is 0 Å². The molecule has 3 atom stereocenters. The Kier molecular flexibility index (Phi) is 12.8. The topological polar surface area (TPSA) is 86.7 Å². The van der Waals surface area contributed by atoms with Crippen LogP contribution in [0.1, 0.15) is 61.6 Å². The lowest BCUT2D eigenvalue weighted by molar-refractivity contribution is -0.0108.